The Bertz CT molecular complexity index is 1900. The van der Waals surface area contributed by atoms with Crippen LogP contribution in [0.25, 0.3) is 0 Å². The molecule has 0 amide bonds. The lowest BCUT2D eigenvalue weighted by Gasteiger charge is -2.18. The average Bonchev–Trinajstić information content (AvgIpc) is 3.47. The lowest BCUT2D eigenvalue weighted by Crippen LogP contribution is -2.30. The Balaban J connectivity index is 4.51. The van der Waals surface area contributed by atoms with Gasteiger partial charge in [-0.15, -0.1) is 0 Å². The fraction of sp³-hybridized carbons (Fsp3) is 0.560. The predicted octanol–water partition coefficient (Wildman–Crippen LogP) is 22.4. The van der Waals surface area contributed by atoms with Gasteiger partial charge in [-0.2, -0.15) is 0 Å². The number of rotatable bonds is 56. The van der Waals surface area contributed by atoms with Crippen molar-refractivity contribution in [1.82, 2.24) is 0 Å². The molecule has 0 radical (unpaired) electrons. The lowest BCUT2D eigenvalue weighted by atomic mass is 10.1. The summed E-state index contributed by atoms with van der Waals surface area (Å²) in [6, 6.07) is 0. The molecule has 0 spiro atoms. The van der Waals surface area contributed by atoms with Crippen molar-refractivity contribution in [3.8, 4) is 0 Å². The molecule has 0 aliphatic heterocycles. The van der Waals surface area contributed by atoms with Crippen LogP contribution in [-0.2, 0) is 28.6 Å². The second-order valence-corrected chi connectivity index (χ2v) is 20.5. The third-order valence-electron chi connectivity index (χ3n) is 12.9. The van der Waals surface area contributed by atoms with Crippen molar-refractivity contribution in [3.05, 3.63) is 182 Å². The number of hydrogen-bond acceptors (Lipinski definition) is 6. The molecule has 0 saturated carbocycles. The second-order valence-electron chi connectivity index (χ2n) is 20.5. The standard InChI is InChI=1S/C75H116O6/c1-4-7-10-13-16-19-22-25-28-31-32-33-34-35-36-37-38-39-40-41-42-45-47-50-53-56-59-62-65-68-74(77)80-71-72(81-75(78)69-66-63-60-57-54-51-48-44-30-27-24-21-18-15-12-9-6-3)70-79-73(76)67-64-61-58-55-52-49-46-43-29-26-23-20-17-14-11-8-5-2/h7,9-10,12,16-21,25-30,32-33,35-36,38-39,41-42,47-48,50-51,57,60,72H,4-6,8,11,13-15,22-24,31,34,37,40,43-46,49,52-56,58-59,61-71H2,1-3H3/b10-7-,12-9-,19-16-,20-17-,21-18-,28-25-,29-26-,30-27-,33-32-,36-35-,39-38-,42-41-,50-47-,51-48-,60-57-. The third kappa shape index (κ3) is 65.2. The van der Waals surface area contributed by atoms with Crippen molar-refractivity contribution in [2.24, 2.45) is 0 Å². The summed E-state index contributed by atoms with van der Waals surface area (Å²) in [5.41, 5.74) is 0. The van der Waals surface area contributed by atoms with E-state index in [1.165, 1.54) is 51.4 Å². The Morgan fingerprint density at radius 3 is 0.790 bits per heavy atom. The molecule has 1 unspecified atom stereocenters. The predicted molar refractivity (Wildman–Crippen MR) is 352 cm³/mol. The minimum Gasteiger partial charge on any atom is -0.462 e. The SMILES string of the molecule is CC/C=C\C/C=C\C/C=C\C/C=C\C/C=C\C/C=C\C/C=C\C/C=C\CCCCCCC(=O)OCC(COC(=O)CCCCCCCCC/C=C\C/C=C\CCCCC)OC(=O)CCC/C=C\C/C=C\C/C=C\C/C=C\C/C=C\CC. The maximum atomic E-state index is 12.9. The van der Waals surface area contributed by atoms with E-state index < -0.39 is 6.10 Å². The molecule has 0 aliphatic rings. The molecule has 0 aromatic heterocycles. The van der Waals surface area contributed by atoms with Crippen LogP contribution in [0.1, 0.15) is 252 Å². The zero-order valence-electron chi connectivity index (χ0n) is 51.7. The zero-order chi connectivity index (χ0) is 58.5. The second kappa shape index (κ2) is 67.0. The topological polar surface area (TPSA) is 78.9 Å². The maximum Gasteiger partial charge on any atom is 0.306 e. The molecule has 0 fully saturated rings. The first kappa shape index (κ1) is 75.5. The molecule has 0 rings (SSSR count). The van der Waals surface area contributed by atoms with E-state index in [0.29, 0.717) is 19.3 Å². The summed E-state index contributed by atoms with van der Waals surface area (Å²) in [5, 5.41) is 0. The van der Waals surface area contributed by atoms with Crippen molar-refractivity contribution < 1.29 is 28.6 Å². The number of allylic oxidation sites excluding steroid dienone is 30. The van der Waals surface area contributed by atoms with Gasteiger partial charge in [0.25, 0.3) is 0 Å². The summed E-state index contributed by atoms with van der Waals surface area (Å²) in [4.78, 5) is 38.3. The first-order chi connectivity index (χ1) is 40.0. The quantitative estimate of drug-likeness (QED) is 0.0261. The Kier molecular flexibility index (Phi) is 62.5. The van der Waals surface area contributed by atoms with Gasteiger partial charge in [-0.3, -0.25) is 14.4 Å². The number of carbonyl (C=O) groups is 3. The van der Waals surface area contributed by atoms with Crippen LogP contribution in [0, 0.1) is 0 Å². The Morgan fingerprint density at radius 1 is 0.259 bits per heavy atom. The van der Waals surface area contributed by atoms with E-state index in [9.17, 15) is 14.4 Å². The van der Waals surface area contributed by atoms with Gasteiger partial charge in [-0.05, 0) is 154 Å². The fourth-order valence-electron chi connectivity index (χ4n) is 8.11. The van der Waals surface area contributed by atoms with Gasteiger partial charge in [0.05, 0.1) is 0 Å². The van der Waals surface area contributed by atoms with Gasteiger partial charge in [-0.1, -0.05) is 261 Å². The highest BCUT2D eigenvalue weighted by molar-refractivity contribution is 5.71. The molecule has 81 heavy (non-hydrogen) atoms. The molecular formula is C75H116O6. The van der Waals surface area contributed by atoms with Crippen molar-refractivity contribution in [3.63, 3.8) is 0 Å². The van der Waals surface area contributed by atoms with Gasteiger partial charge in [-0.25, -0.2) is 0 Å². The molecule has 0 saturated heterocycles. The summed E-state index contributed by atoms with van der Waals surface area (Å²) in [6.45, 7) is 6.30. The van der Waals surface area contributed by atoms with Crippen LogP contribution in [-0.4, -0.2) is 37.2 Å². The lowest BCUT2D eigenvalue weighted by molar-refractivity contribution is -0.167. The maximum absolute atomic E-state index is 12.9. The summed E-state index contributed by atoms with van der Waals surface area (Å²) in [7, 11) is 0. The van der Waals surface area contributed by atoms with Crippen molar-refractivity contribution in [2.75, 3.05) is 13.2 Å². The number of hydrogen-bond donors (Lipinski definition) is 0. The molecule has 0 aromatic rings. The molecular weight excluding hydrogens is 997 g/mol. The highest BCUT2D eigenvalue weighted by Gasteiger charge is 2.19. The van der Waals surface area contributed by atoms with Crippen LogP contribution in [0.15, 0.2) is 182 Å². The van der Waals surface area contributed by atoms with E-state index in [-0.39, 0.29) is 37.5 Å². The minimum absolute atomic E-state index is 0.122. The fourth-order valence-corrected chi connectivity index (χ4v) is 8.11. The molecule has 0 bridgehead atoms. The monoisotopic (exact) mass is 1110 g/mol. The Labute approximate surface area is 497 Å². The Hall–Kier alpha value is -5.49. The van der Waals surface area contributed by atoms with E-state index in [2.05, 4.69) is 203 Å². The van der Waals surface area contributed by atoms with Gasteiger partial charge in [0, 0.05) is 19.3 Å². The van der Waals surface area contributed by atoms with Crippen molar-refractivity contribution in [1.29, 1.82) is 0 Å². The summed E-state index contributed by atoms with van der Waals surface area (Å²) in [5.74, 6) is -1.02. The number of carbonyl (C=O) groups excluding carboxylic acids is 3. The highest BCUT2D eigenvalue weighted by atomic mass is 16.6. The van der Waals surface area contributed by atoms with Crippen LogP contribution in [0.5, 0.6) is 0 Å². The Morgan fingerprint density at radius 2 is 0.494 bits per heavy atom. The van der Waals surface area contributed by atoms with Crippen LogP contribution >= 0.6 is 0 Å². The van der Waals surface area contributed by atoms with E-state index in [1.54, 1.807) is 0 Å². The van der Waals surface area contributed by atoms with Gasteiger partial charge in [0.1, 0.15) is 13.2 Å². The summed E-state index contributed by atoms with van der Waals surface area (Å²) in [6.07, 6.45) is 100. The van der Waals surface area contributed by atoms with Gasteiger partial charge in [0.2, 0.25) is 0 Å². The molecule has 0 heterocycles. The molecule has 0 aromatic carbocycles. The molecule has 6 nitrogen and oxygen atoms in total. The molecule has 0 aliphatic carbocycles. The van der Waals surface area contributed by atoms with Crippen LogP contribution in [0.2, 0.25) is 0 Å². The summed E-state index contributed by atoms with van der Waals surface area (Å²) >= 11 is 0. The van der Waals surface area contributed by atoms with Crippen molar-refractivity contribution in [2.45, 2.75) is 258 Å². The number of ether oxygens (including phenoxy) is 3. The van der Waals surface area contributed by atoms with E-state index in [4.69, 9.17) is 14.2 Å². The van der Waals surface area contributed by atoms with E-state index in [0.717, 1.165) is 154 Å². The van der Waals surface area contributed by atoms with E-state index in [1.807, 2.05) is 0 Å². The van der Waals surface area contributed by atoms with Gasteiger partial charge < -0.3 is 14.2 Å². The van der Waals surface area contributed by atoms with E-state index >= 15 is 0 Å². The number of unbranched alkanes of at least 4 members (excludes halogenated alkanes) is 15. The average molecular weight is 1110 g/mol. The molecule has 6 heteroatoms. The largest absolute Gasteiger partial charge is 0.462 e. The molecule has 1 atom stereocenters. The minimum atomic E-state index is -0.834. The van der Waals surface area contributed by atoms with Crippen LogP contribution in [0.4, 0.5) is 0 Å². The van der Waals surface area contributed by atoms with Crippen LogP contribution < -0.4 is 0 Å². The first-order valence-electron chi connectivity index (χ1n) is 32.3. The third-order valence-corrected chi connectivity index (χ3v) is 12.9. The normalized spacial score (nSPS) is 13.4. The van der Waals surface area contributed by atoms with Crippen molar-refractivity contribution >= 4 is 17.9 Å². The van der Waals surface area contributed by atoms with Gasteiger partial charge in [0.15, 0.2) is 6.10 Å². The first-order valence-corrected chi connectivity index (χ1v) is 32.3. The smallest absolute Gasteiger partial charge is 0.306 e. The molecule has 452 valence electrons. The zero-order valence-corrected chi connectivity index (χ0v) is 51.7. The molecule has 0 N–H and O–H groups in total. The highest BCUT2D eigenvalue weighted by Crippen LogP contribution is 2.13. The van der Waals surface area contributed by atoms with Crippen LogP contribution in [0.3, 0.4) is 0 Å². The van der Waals surface area contributed by atoms with Gasteiger partial charge >= 0.3 is 17.9 Å². The number of esters is 3. The summed E-state index contributed by atoms with van der Waals surface area (Å²) < 4.78 is 16.8.